The zero-order chi connectivity index (χ0) is 8.55. The third kappa shape index (κ3) is 1.53. The van der Waals surface area contributed by atoms with E-state index in [0.717, 1.165) is 10.2 Å². The quantitative estimate of drug-likeness (QED) is 0.708. The van der Waals surface area contributed by atoms with E-state index in [2.05, 4.69) is 39.6 Å². The van der Waals surface area contributed by atoms with Crippen LogP contribution in [0.15, 0.2) is 33.7 Å². The largest absolute Gasteiger partial charge is 0.326 e. The fraction of sp³-hybridized carbons (Fsp3) is 0.333. The fourth-order valence-corrected chi connectivity index (χ4v) is 2.83. The Hall–Kier alpha value is 0.01000. The molecule has 1 aliphatic carbocycles. The standard InChI is InChI=1S/C9H10BrNS/c10-7-2-1-6-4-12-5-9(11)8(6)3-7/h1-4,8-9H,5,11H2/t8-,9-/m0/s1. The lowest BCUT2D eigenvalue weighted by atomic mass is 9.90. The van der Waals surface area contributed by atoms with Crippen LogP contribution in [0.5, 0.6) is 0 Å². The average Bonchev–Trinajstić information content (AvgIpc) is 2.07. The van der Waals surface area contributed by atoms with Crippen LogP contribution in [-0.2, 0) is 0 Å². The first-order valence-corrected chi connectivity index (χ1v) is 5.74. The van der Waals surface area contributed by atoms with Gasteiger partial charge in [0.25, 0.3) is 0 Å². The van der Waals surface area contributed by atoms with Crippen molar-refractivity contribution >= 4 is 27.7 Å². The summed E-state index contributed by atoms with van der Waals surface area (Å²) in [5, 5.41) is 2.21. The summed E-state index contributed by atoms with van der Waals surface area (Å²) < 4.78 is 1.15. The van der Waals surface area contributed by atoms with Gasteiger partial charge in [-0.3, -0.25) is 0 Å². The number of fused-ring (bicyclic) bond motifs is 1. The van der Waals surface area contributed by atoms with Gasteiger partial charge in [-0.15, -0.1) is 11.8 Å². The van der Waals surface area contributed by atoms with Crippen LogP contribution in [0.4, 0.5) is 0 Å². The monoisotopic (exact) mass is 243 g/mol. The average molecular weight is 244 g/mol. The van der Waals surface area contributed by atoms with E-state index >= 15 is 0 Å². The molecule has 0 bridgehead atoms. The highest BCUT2D eigenvalue weighted by Gasteiger charge is 2.23. The van der Waals surface area contributed by atoms with Crippen molar-refractivity contribution in [1.29, 1.82) is 0 Å². The second-order valence-electron chi connectivity index (χ2n) is 3.03. The summed E-state index contributed by atoms with van der Waals surface area (Å²) in [6.07, 6.45) is 6.40. The Morgan fingerprint density at radius 1 is 1.50 bits per heavy atom. The normalized spacial score (nSPS) is 33.8. The minimum absolute atomic E-state index is 0.271. The molecule has 1 aliphatic heterocycles. The van der Waals surface area contributed by atoms with Crippen molar-refractivity contribution in [3.8, 4) is 0 Å². The van der Waals surface area contributed by atoms with E-state index in [0.29, 0.717) is 5.92 Å². The van der Waals surface area contributed by atoms with Crippen LogP contribution in [0.2, 0.25) is 0 Å². The second kappa shape index (κ2) is 3.40. The molecular weight excluding hydrogens is 234 g/mol. The molecule has 0 radical (unpaired) electrons. The summed E-state index contributed by atoms with van der Waals surface area (Å²) in [6, 6.07) is 0.271. The maximum atomic E-state index is 5.99. The highest BCUT2D eigenvalue weighted by atomic mass is 79.9. The minimum Gasteiger partial charge on any atom is -0.326 e. The smallest absolute Gasteiger partial charge is 0.0239 e. The molecule has 0 amide bonds. The zero-order valence-electron chi connectivity index (χ0n) is 6.53. The predicted molar refractivity (Wildman–Crippen MR) is 58.2 cm³/mol. The summed E-state index contributed by atoms with van der Waals surface area (Å²) in [7, 11) is 0. The lowest BCUT2D eigenvalue weighted by molar-refractivity contribution is 0.617. The third-order valence-corrected chi connectivity index (χ3v) is 3.67. The molecular formula is C9H10BrNS. The molecule has 0 unspecified atom stereocenters. The first-order chi connectivity index (χ1) is 5.77. The zero-order valence-corrected chi connectivity index (χ0v) is 8.94. The van der Waals surface area contributed by atoms with Gasteiger partial charge in [0, 0.05) is 22.2 Å². The number of hydrogen-bond acceptors (Lipinski definition) is 2. The first kappa shape index (κ1) is 8.60. The van der Waals surface area contributed by atoms with Gasteiger partial charge in [-0.25, -0.2) is 0 Å². The lowest BCUT2D eigenvalue weighted by Crippen LogP contribution is -2.34. The molecule has 64 valence electrons. The van der Waals surface area contributed by atoms with Gasteiger partial charge in [-0.05, 0) is 17.1 Å². The molecule has 2 N–H and O–H groups in total. The molecule has 2 aliphatic rings. The van der Waals surface area contributed by atoms with Crippen molar-refractivity contribution in [2.24, 2.45) is 11.7 Å². The van der Waals surface area contributed by atoms with E-state index in [1.807, 2.05) is 11.8 Å². The SMILES string of the molecule is N[C@H]1CSC=C2C=CC(Br)=C[C@@H]21. The third-order valence-electron chi connectivity index (χ3n) is 2.13. The van der Waals surface area contributed by atoms with Gasteiger partial charge in [0.1, 0.15) is 0 Å². The Morgan fingerprint density at radius 3 is 3.17 bits per heavy atom. The van der Waals surface area contributed by atoms with Crippen molar-refractivity contribution in [1.82, 2.24) is 0 Å². The number of nitrogens with two attached hydrogens (primary N) is 1. The van der Waals surface area contributed by atoms with E-state index in [1.54, 1.807) is 0 Å². The Kier molecular flexibility index (Phi) is 2.44. The predicted octanol–water partition coefficient (Wildman–Crippen LogP) is 2.41. The minimum atomic E-state index is 0.271. The van der Waals surface area contributed by atoms with Crippen LogP contribution in [-0.4, -0.2) is 11.8 Å². The number of halogens is 1. The lowest BCUT2D eigenvalue weighted by Gasteiger charge is -2.27. The van der Waals surface area contributed by atoms with E-state index in [-0.39, 0.29) is 6.04 Å². The molecule has 0 aromatic carbocycles. The molecule has 2 rings (SSSR count). The summed E-state index contributed by atoms with van der Waals surface area (Å²) in [5.41, 5.74) is 7.34. The van der Waals surface area contributed by atoms with Crippen molar-refractivity contribution in [3.63, 3.8) is 0 Å². The molecule has 0 fully saturated rings. The second-order valence-corrected chi connectivity index (χ2v) is 4.84. The van der Waals surface area contributed by atoms with Crippen molar-refractivity contribution < 1.29 is 0 Å². The molecule has 12 heavy (non-hydrogen) atoms. The maximum Gasteiger partial charge on any atom is 0.0239 e. The Bertz CT molecular complexity index is 277. The van der Waals surface area contributed by atoms with Gasteiger partial charge in [0.05, 0.1) is 0 Å². The van der Waals surface area contributed by atoms with Crippen LogP contribution in [0.3, 0.4) is 0 Å². The van der Waals surface area contributed by atoms with Gasteiger partial charge in [-0.2, -0.15) is 0 Å². The maximum absolute atomic E-state index is 5.99. The number of allylic oxidation sites excluding steroid dienone is 3. The number of rotatable bonds is 0. The van der Waals surface area contributed by atoms with Crippen LogP contribution >= 0.6 is 27.7 Å². The molecule has 0 spiro atoms. The van der Waals surface area contributed by atoms with Crippen LogP contribution in [0, 0.1) is 5.92 Å². The van der Waals surface area contributed by atoms with Crippen molar-refractivity contribution in [3.05, 3.63) is 33.7 Å². The van der Waals surface area contributed by atoms with Gasteiger partial charge < -0.3 is 5.73 Å². The molecule has 0 aromatic heterocycles. The van der Waals surface area contributed by atoms with Crippen molar-refractivity contribution in [2.45, 2.75) is 6.04 Å². The van der Waals surface area contributed by atoms with Gasteiger partial charge in [0.2, 0.25) is 0 Å². The molecule has 0 aromatic rings. The fourth-order valence-electron chi connectivity index (χ4n) is 1.46. The van der Waals surface area contributed by atoms with Gasteiger partial charge in [-0.1, -0.05) is 28.1 Å². The first-order valence-electron chi connectivity index (χ1n) is 3.90. The highest BCUT2D eigenvalue weighted by molar-refractivity contribution is 9.11. The molecule has 1 heterocycles. The Morgan fingerprint density at radius 2 is 2.33 bits per heavy atom. The molecule has 3 heteroatoms. The molecule has 2 atom stereocenters. The van der Waals surface area contributed by atoms with E-state index in [1.165, 1.54) is 5.57 Å². The van der Waals surface area contributed by atoms with Crippen molar-refractivity contribution in [2.75, 3.05) is 5.75 Å². The summed E-state index contributed by atoms with van der Waals surface area (Å²) >= 11 is 5.27. The van der Waals surface area contributed by atoms with Crippen LogP contribution < -0.4 is 5.73 Å². The van der Waals surface area contributed by atoms with E-state index in [9.17, 15) is 0 Å². The van der Waals surface area contributed by atoms with Crippen LogP contribution in [0.25, 0.3) is 0 Å². The number of thioether (sulfide) groups is 1. The topological polar surface area (TPSA) is 26.0 Å². The van der Waals surface area contributed by atoms with Gasteiger partial charge >= 0.3 is 0 Å². The summed E-state index contributed by atoms with van der Waals surface area (Å²) in [5.74, 6) is 1.45. The Labute approximate surface area is 84.9 Å². The molecule has 0 saturated heterocycles. The summed E-state index contributed by atoms with van der Waals surface area (Å²) in [4.78, 5) is 0. The molecule has 1 nitrogen and oxygen atoms in total. The summed E-state index contributed by atoms with van der Waals surface area (Å²) in [6.45, 7) is 0. The molecule has 0 saturated carbocycles. The van der Waals surface area contributed by atoms with Gasteiger partial charge in [0.15, 0.2) is 0 Å². The Balaban J connectivity index is 2.32. The van der Waals surface area contributed by atoms with E-state index < -0.39 is 0 Å². The number of hydrogen-bond donors (Lipinski definition) is 1. The van der Waals surface area contributed by atoms with Crippen LogP contribution in [0.1, 0.15) is 0 Å². The van der Waals surface area contributed by atoms with E-state index in [4.69, 9.17) is 5.73 Å². The highest BCUT2D eigenvalue weighted by Crippen LogP contribution is 2.33.